The van der Waals surface area contributed by atoms with Crippen LogP contribution in [0.4, 0.5) is 0 Å². The van der Waals surface area contributed by atoms with E-state index >= 15 is 0 Å². The standard InChI is InChI=1S/C17H31N5O/c1-4-22-14(2)18-19-17(22)13-20(3)16-5-8-21(12-16)11-15-6-9-23-10-7-15/h15-16H,4-13H2,1-3H3. The van der Waals surface area contributed by atoms with E-state index < -0.39 is 0 Å². The molecule has 1 aromatic heterocycles. The third-order valence-electron chi connectivity index (χ3n) is 5.45. The van der Waals surface area contributed by atoms with Crippen molar-refractivity contribution >= 4 is 0 Å². The molecule has 1 aromatic rings. The molecule has 0 amide bonds. The van der Waals surface area contributed by atoms with Gasteiger partial charge in [-0.3, -0.25) is 4.90 Å². The Labute approximate surface area is 139 Å². The highest BCUT2D eigenvalue weighted by molar-refractivity contribution is 4.95. The first kappa shape index (κ1) is 16.9. The Balaban J connectivity index is 1.49. The molecular formula is C17H31N5O. The molecule has 2 saturated heterocycles. The fourth-order valence-electron chi connectivity index (χ4n) is 3.94. The number of aryl methyl sites for hydroxylation is 1. The quantitative estimate of drug-likeness (QED) is 0.795. The van der Waals surface area contributed by atoms with Gasteiger partial charge in [-0.05, 0) is 52.6 Å². The van der Waals surface area contributed by atoms with Gasteiger partial charge in [0, 0.05) is 38.9 Å². The lowest BCUT2D eigenvalue weighted by Crippen LogP contribution is -2.37. The van der Waals surface area contributed by atoms with Crippen molar-refractivity contribution in [2.45, 2.75) is 52.2 Å². The van der Waals surface area contributed by atoms with Crippen LogP contribution in [-0.4, -0.2) is 70.5 Å². The molecule has 2 aliphatic heterocycles. The molecule has 1 atom stereocenters. The molecule has 3 rings (SSSR count). The predicted molar refractivity (Wildman–Crippen MR) is 90.3 cm³/mol. The van der Waals surface area contributed by atoms with Crippen LogP contribution in [0.15, 0.2) is 0 Å². The molecule has 0 radical (unpaired) electrons. The number of ether oxygens (including phenoxy) is 1. The molecule has 6 nitrogen and oxygen atoms in total. The van der Waals surface area contributed by atoms with Crippen LogP contribution in [0.3, 0.4) is 0 Å². The van der Waals surface area contributed by atoms with Gasteiger partial charge in [-0.2, -0.15) is 0 Å². The van der Waals surface area contributed by atoms with E-state index in [9.17, 15) is 0 Å². The molecule has 3 heterocycles. The summed E-state index contributed by atoms with van der Waals surface area (Å²) in [5.41, 5.74) is 0. The zero-order chi connectivity index (χ0) is 16.2. The van der Waals surface area contributed by atoms with Crippen molar-refractivity contribution < 1.29 is 4.74 Å². The van der Waals surface area contributed by atoms with E-state index in [0.717, 1.165) is 43.9 Å². The van der Waals surface area contributed by atoms with Gasteiger partial charge in [0.1, 0.15) is 11.6 Å². The van der Waals surface area contributed by atoms with Crippen LogP contribution in [0.5, 0.6) is 0 Å². The van der Waals surface area contributed by atoms with Gasteiger partial charge in [-0.1, -0.05) is 0 Å². The van der Waals surface area contributed by atoms with Crippen LogP contribution >= 0.6 is 0 Å². The molecule has 1 unspecified atom stereocenters. The van der Waals surface area contributed by atoms with Gasteiger partial charge in [0.05, 0.1) is 6.54 Å². The average molecular weight is 321 g/mol. The van der Waals surface area contributed by atoms with Crippen LogP contribution in [0.2, 0.25) is 0 Å². The second-order valence-corrected chi connectivity index (χ2v) is 7.08. The van der Waals surface area contributed by atoms with Gasteiger partial charge in [0.2, 0.25) is 0 Å². The van der Waals surface area contributed by atoms with Crippen molar-refractivity contribution in [1.29, 1.82) is 0 Å². The van der Waals surface area contributed by atoms with E-state index in [0.29, 0.717) is 6.04 Å². The topological polar surface area (TPSA) is 46.4 Å². The largest absolute Gasteiger partial charge is 0.381 e. The van der Waals surface area contributed by atoms with Crippen LogP contribution in [0, 0.1) is 12.8 Å². The molecule has 0 aromatic carbocycles. The SMILES string of the molecule is CCn1c(C)nnc1CN(C)C1CCN(CC2CCOCC2)C1. The summed E-state index contributed by atoms with van der Waals surface area (Å²) in [5.74, 6) is 2.94. The monoisotopic (exact) mass is 321 g/mol. The first-order valence-corrected chi connectivity index (χ1v) is 9.06. The second kappa shape index (κ2) is 7.73. The first-order valence-electron chi connectivity index (χ1n) is 9.06. The maximum absolute atomic E-state index is 5.47. The number of hydrogen-bond acceptors (Lipinski definition) is 5. The van der Waals surface area contributed by atoms with Gasteiger partial charge in [0.15, 0.2) is 0 Å². The summed E-state index contributed by atoms with van der Waals surface area (Å²) >= 11 is 0. The average Bonchev–Trinajstić information content (AvgIpc) is 3.15. The van der Waals surface area contributed by atoms with Crippen molar-refractivity contribution in [3.05, 3.63) is 11.6 Å². The molecule has 6 heteroatoms. The zero-order valence-corrected chi connectivity index (χ0v) is 14.9. The Morgan fingerprint density at radius 2 is 2.00 bits per heavy atom. The van der Waals surface area contributed by atoms with Crippen molar-refractivity contribution in [1.82, 2.24) is 24.6 Å². The van der Waals surface area contributed by atoms with Gasteiger partial charge < -0.3 is 14.2 Å². The summed E-state index contributed by atoms with van der Waals surface area (Å²) in [6.45, 7) is 11.6. The van der Waals surface area contributed by atoms with E-state index in [-0.39, 0.29) is 0 Å². The molecule has 2 fully saturated rings. The summed E-state index contributed by atoms with van der Waals surface area (Å²) in [4.78, 5) is 5.10. The van der Waals surface area contributed by atoms with E-state index in [4.69, 9.17) is 4.74 Å². The Hall–Kier alpha value is -0.980. The highest BCUT2D eigenvalue weighted by Gasteiger charge is 2.28. The molecule has 130 valence electrons. The van der Waals surface area contributed by atoms with Crippen LogP contribution in [-0.2, 0) is 17.8 Å². The lowest BCUT2D eigenvalue weighted by atomic mass is 10.00. The van der Waals surface area contributed by atoms with Crippen molar-refractivity contribution in [2.24, 2.45) is 5.92 Å². The number of likely N-dealkylation sites (tertiary alicyclic amines) is 1. The summed E-state index contributed by atoms with van der Waals surface area (Å²) in [5, 5.41) is 8.58. The molecule has 0 bridgehead atoms. The third kappa shape index (κ3) is 4.11. The molecule has 0 N–H and O–H groups in total. The van der Waals surface area contributed by atoms with Crippen molar-refractivity contribution in [2.75, 3.05) is 39.9 Å². The molecule has 23 heavy (non-hydrogen) atoms. The van der Waals surface area contributed by atoms with Gasteiger partial charge >= 0.3 is 0 Å². The molecular weight excluding hydrogens is 290 g/mol. The highest BCUT2D eigenvalue weighted by Crippen LogP contribution is 2.21. The van der Waals surface area contributed by atoms with Gasteiger partial charge in [-0.15, -0.1) is 10.2 Å². The van der Waals surface area contributed by atoms with Crippen LogP contribution in [0.25, 0.3) is 0 Å². The fraction of sp³-hybridized carbons (Fsp3) is 0.882. The number of likely N-dealkylation sites (N-methyl/N-ethyl adjacent to an activating group) is 1. The normalized spacial score (nSPS) is 23.9. The Morgan fingerprint density at radius 3 is 2.74 bits per heavy atom. The summed E-state index contributed by atoms with van der Waals surface area (Å²) in [7, 11) is 2.23. The van der Waals surface area contributed by atoms with E-state index in [1.165, 1.54) is 38.9 Å². The third-order valence-corrected chi connectivity index (χ3v) is 5.45. The number of aromatic nitrogens is 3. The van der Waals surface area contributed by atoms with Gasteiger partial charge in [0.25, 0.3) is 0 Å². The smallest absolute Gasteiger partial charge is 0.147 e. The van der Waals surface area contributed by atoms with Crippen LogP contribution < -0.4 is 0 Å². The van der Waals surface area contributed by atoms with E-state index in [2.05, 4.69) is 38.5 Å². The fourth-order valence-corrected chi connectivity index (χ4v) is 3.94. The lowest BCUT2D eigenvalue weighted by Gasteiger charge is -2.28. The maximum atomic E-state index is 5.47. The highest BCUT2D eigenvalue weighted by atomic mass is 16.5. The Morgan fingerprint density at radius 1 is 1.22 bits per heavy atom. The number of hydrogen-bond donors (Lipinski definition) is 0. The molecule has 2 aliphatic rings. The lowest BCUT2D eigenvalue weighted by molar-refractivity contribution is 0.0545. The molecule has 0 spiro atoms. The molecule has 0 aliphatic carbocycles. The minimum absolute atomic E-state index is 0.636. The summed E-state index contributed by atoms with van der Waals surface area (Å²) < 4.78 is 7.69. The minimum Gasteiger partial charge on any atom is -0.381 e. The number of nitrogens with zero attached hydrogens (tertiary/aromatic N) is 5. The summed E-state index contributed by atoms with van der Waals surface area (Å²) in [6.07, 6.45) is 3.73. The van der Waals surface area contributed by atoms with E-state index in [1.54, 1.807) is 0 Å². The van der Waals surface area contributed by atoms with Crippen molar-refractivity contribution in [3.8, 4) is 0 Å². The number of rotatable bonds is 6. The first-order chi connectivity index (χ1) is 11.2. The predicted octanol–water partition coefficient (Wildman–Crippen LogP) is 1.54. The Kier molecular flexibility index (Phi) is 5.67. The second-order valence-electron chi connectivity index (χ2n) is 7.08. The molecule has 0 saturated carbocycles. The summed E-state index contributed by atoms with van der Waals surface area (Å²) in [6, 6.07) is 0.636. The van der Waals surface area contributed by atoms with E-state index in [1.807, 2.05) is 6.92 Å². The minimum atomic E-state index is 0.636. The van der Waals surface area contributed by atoms with Gasteiger partial charge in [-0.25, -0.2) is 0 Å². The Bertz CT molecular complexity index is 497. The van der Waals surface area contributed by atoms with Crippen molar-refractivity contribution in [3.63, 3.8) is 0 Å². The zero-order valence-electron chi connectivity index (χ0n) is 14.9. The van der Waals surface area contributed by atoms with Crippen LogP contribution in [0.1, 0.15) is 37.8 Å². The maximum Gasteiger partial charge on any atom is 0.147 e.